The Morgan fingerprint density at radius 2 is 1.97 bits per heavy atom. The number of benzene rings is 2. The van der Waals surface area contributed by atoms with Gasteiger partial charge in [0, 0.05) is 30.9 Å². The highest BCUT2D eigenvalue weighted by Crippen LogP contribution is 2.31. The van der Waals surface area contributed by atoms with E-state index in [1.165, 1.54) is 22.4 Å². The summed E-state index contributed by atoms with van der Waals surface area (Å²) in [6.07, 6.45) is 4.48. The van der Waals surface area contributed by atoms with Crippen LogP contribution in [0.3, 0.4) is 0 Å². The van der Waals surface area contributed by atoms with E-state index in [-0.39, 0.29) is 5.91 Å². The van der Waals surface area contributed by atoms with Crippen LogP contribution in [0.25, 0.3) is 0 Å². The first-order valence-corrected chi connectivity index (χ1v) is 11.6. The van der Waals surface area contributed by atoms with Gasteiger partial charge in [0.1, 0.15) is 0 Å². The van der Waals surface area contributed by atoms with E-state index in [4.69, 9.17) is 0 Å². The van der Waals surface area contributed by atoms with Crippen LogP contribution in [0.2, 0.25) is 0 Å². The Balaban J connectivity index is 1.45. The first kappa shape index (κ1) is 20.9. The molecule has 2 aromatic carbocycles. The van der Waals surface area contributed by atoms with Crippen molar-refractivity contribution in [3.63, 3.8) is 0 Å². The average Bonchev–Trinajstić information content (AvgIpc) is 2.78. The van der Waals surface area contributed by atoms with Gasteiger partial charge in [-0.3, -0.25) is 4.79 Å². The molecule has 1 amide bonds. The molecule has 0 radical (unpaired) electrons. The van der Waals surface area contributed by atoms with Crippen molar-refractivity contribution in [2.24, 2.45) is 5.92 Å². The van der Waals surface area contributed by atoms with Crippen LogP contribution in [0.1, 0.15) is 66.1 Å². The van der Waals surface area contributed by atoms with E-state index in [2.05, 4.69) is 65.8 Å². The van der Waals surface area contributed by atoms with Crippen molar-refractivity contribution < 1.29 is 4.79 Å². The van der Waals surface area contributed by atoms with Gasteiger partial charge in [-0.25, -0.2) is 0 Å². The summed E-state index contributed by atoms with van der Waals surface area (Å²) < 4.78 is 0. The highest BCUT2D eigenvalue weighted by molar-refractivity contribution is 5.95. The van der Waals surface area contributed by atoms with Crippen molar-refractivity contribution in [1.29, 1.82) is 0 Å². The molecule has 2 aliphatic rings. The second kappa shape index (κ2) is 9.65. The number of piperidine rings is 1. The minimum absolute atomic E-state index is 0.0682. The van der Waals surface area contributed by atoms with E-state index in [0.29, 0.717) is 11.8 Å². The third-order valence-corrected chi connectivity index (χ3v) is 6.60. The third kappa shape index (κ3) is 4.86. The Morgan fingerprint density at radius 1 is 1.17 bits per heavy atom. The van der Waals surface area contributed by atoms with Gasteiger partial charge in [-0.15, -0.1) is 0 Å². The molecule has 1 saturated heterocycles. The molecule has 4 heteroatoms. The smallest absolute Gasteiger partial charge is 0.251 e. The molecule has 2 aliphatic heterocycles. The number of carbonyl (C=O) groups is 1. The van der Waals surface area contributed by atoms with Gasteiger partial charge in [0.05, 0.1) is 0 Å². The van der Waals surface area contributed by atoms with E-state index >= 15 is 0 Å². The Morgan fingerprint density at radius 3 is 2.77 bits per heavy atom. The van der Waals surface area contributed by atoms with Crippen molar-refractivity contribution in [3.8, 4) is 0 Å². The molecule has 0 aromatic heterocycles. The highest BCUT2D eigenvalue weighted by atomic mass is 16.1. The van der Waals surface area contributed by atoms with Crippen LogP contribution in [0.5, 0.6) is 0 Å². The lowest BCUT2D eigenvalue weighted by Crippen LogP contribution is -2.36. The van der Waals surface area contributed by atoms with E-state index in [9.17, 15) is 4.79 Å². The van der Waals surface area contributed by atoms with Crippen LogP contribution in [-0.4, -0.2) is 32.1 Å². The molecule has 0 unspecified atom stereocenters. The molecule has 0 spiro atoms. The number of carbonyl (C=O) groups excluding carboxylic acids is 1. The summed E-state index contributed by atoms with van der Waals surface area (Å²) in [7, 11) is 0. The molecule has 30 heavy (non-hydrogen) atoms. The van der Waals surface area contributed by atoms with Crippen LogP contribution in [-0.2, 0) is 13.0 Å². The second-order valence-electron chi connectivity index (χ2n) is 9.13. The second-order valence-corrected chi connectivity index (χ2v) is 9.13. The van der Waals surface area contributed by atoms with Crippen molar-refractivity contribution in [1.82, 2.24) is 10.6 Å². The van der Waals surface area contributed by atoms with E-state index in [1.807, 2.05) is 6.07 Å². The number of amides is 1. The summed E-state index contributed by atoms with van der Waals surface area (Å²) in [5.74, 6) is 1.19. The van der Waals surface area contributed by atoms with Crippen LogP contribution in [0.4, 0.5) is 5.69 Å². The summed E-state index contributed by atoms with van der Waals surface area (Å²) in [5.41, 5.74) is 6.22. The number of hydrogen-bond donors (Lipinski definition) is 2. The molecule has 160 valence electrons. The maximum atomic E-state index is 12.7. The predicted molar refractivity (Wildman–Crippen MR) is 124 cm³/mol. The highest BCUT2D eigenvalue weighted by Gasteiger charge is 2.21. The van der Waals surface area contributed by atoms with E-state index in [1.54, 1.807) is 0 Å². The molecule has 0 bridgehead atoms. The largest absolute Gasteiger partial charge is 0.367 e. The summed E-state index contributed by atoms with van der Waals surface area (Å²) in [6.45, 7) is 9.44. The molecule has 2 aromatic rings. The molecule has 0 aliphatic carbocycles. The lowest BCUT2D eigenvalue weighted by atomic mass is 9.94. The summed E-state index contributed by atoms with van der Waals surface area (Å²) in [6, 6.07) is 15.1. The third-order valence-electron chi connectivity index (χ3n) is 6.60. The Kier molecular flexibility index (Phi) is 6.73. The van der Waals surface area contributed by atoms with Crippen molar-refractivity contribution in [2.75, 3.05) is 31.1 Å². The summed E-state index contributed by atoms with van der Waals surface area (Å²) >= 11 is 0. The number of nitrogens with one attached hydrogen (secondary N) is 2. The minimum Gasteiger partial charge on any atom is -0.367 e. The van der Waals surface area contributed by atoms with Crippen LogP contribution in [0, 0.1) is 5.92 Å². The lowest BCUT2D eigenvalue weighted by Gasteiger charge is -2.32. The van der Waals surface area contributed by atoms with Gasteiger partial charge in [-0.2, -0.15) is 0 Å². The molecular formula is C26H35N3O. The zero-order valence-corrected chi connectivity index (χ0v) is 18.4. The predicted octanol–water partition coefficient (Wildman–Crippen LogP) is 4.49. The number of nitrogens with zero attached hydrogens (tertiary/aromatic N) is 1. The normalized spacial score (nSPS) is 17.1. The van der Waals surface area contributed by atoms with Gasteiger partial charge in [0.25, 0.3) is 5.91 Å². The van der Waals surface area contributed by atoms with Crippen molar-refractivity contribution >= 4 is 11.6 Å². The zero-order chi connectivity index (χ0) is 20.9. The number of rotatable bonds is 6. The van der Waals surface area contributed by atoms with Crippen molar-refractivity contribution in [2.45, 2.75) is 52.0 Å². The first-order chi connectivity index (χ1) is 14.6. The van der Waals surface area contributed by atoms with Crippen molar-refractivity contribution in [3.05, 3.63) is 64.7 Å². The van der Waals surface area contributed by atoms with Gasteiger partial charge in [-0.1, -0.05) is 38.1 Å². The average molecular weight is 406 g/mol. The molecule has 0 saturated carbocycles. The van der Waals surface area contributed by atoms with Gasteiger partial charge in [0.15, 0.2) is 0 Å². The summed E-state index contributed by atoms with van der Waals surface area (Å²) in [5, 5.41) is 6.55. The fourth-order valence-electron chi connectivity index (χ4n) is 4.85. The van der Waals surface area contributed by atoms with Crippen LogP contribution < -0.4 is 15.5 Å². The molecule has 4 nitrogen and oxygen atoms in total. The molecule has 1 fully saturated rings. The molecular weight excluding hydrogens is 370 g/mol. The van der Waals surface area contributed by atoms with Gasteiger partial charge in [-0.05, 0) is 85.5 Å². The SMILES string of the molecule is CC(C)c1ccccc1CN1CCCc2cc(C(=O)NCC3CCNCC3)ccc21. The van der Waals surface area contributed by atoms with Crippen LogP contribution >= 0.6 is 0 Å². The topological polar surface area (TPSA) is 44.4 Å². The monoisotopic (exact) mass is 405 g/mol. The Labute approximate surface area is 181 Å². The summed E-state index contributed by atoms with van der Waals surface area (Å²) in [4.78, 5) is 15.2. The van der Waals surface area contributed by atoms with E-state index in [0.717, 1.165) is 64.0 Å². The van der Waals surface area contributed by atoms with E-state index < -0.39 is 0 Å². The quantitative estimate of drug-likeness (QED) is 0.744. The Bertz CT molecular complexity index is 870. The van der Waals surface area contributed by atoms with Gasteiger partial charge < -0.3 is 15.5 Å². The zero-order valence-electron chi connectivity index (χ0n) is 18.4. The molecule has 2 N–H and O–H groups in total. The number of hydrogen-bond acceptors (Lipinski definition) is 3. The number of aryl methyl sites for hydroxylation is 1. The maximum Gasteiger partial charge on any atom is 0.251 e. The standard InChI is InChI=1S/C26H35N3O/c1-19(2)24-8-4-3-6-23(24)18-29-15-5-7-21-16-22(9-10-25(21)29)26(30)28-17-20-11-13-27-14-12-20/h3-4,6,8-10,16,19-20,27H,5,7,11-15,17-18H2,1-2H3,(H,28,30). The molecule has 4 rings (SSSR count). The number of anilines is 1. The van der Waals surface area contributed by atoms with Gasteiger partial charge >= 0.3 is 0 Å². The Hall–Kier alpha value is -2.33. The lowest BCUT2D eigenvalue weighted by molar-refractivity contribution is 0.0944. The van der Waals surface area contributed by atoms with Crippen LogP contribution in [0.15, 0.2) is 42.5 Å². The fraction of sp³-hybridized carbons (Fsp3) is 0.500. The minimum atomic E-state index is 0.0682. The fourth-order valence-corrected chi connectivity index (χ4v) is 4.85. The molecule has 2 heterocycles. The van der Waals surface area contributed by atoms with Gasteiger partial charge in [0.2, 0.25) is 0 Å². The number of fused-ring (bicyclic) bond motifs is 1. The molecule has 0 atom stereocenters. The maximum absolute atomic E-state index is 12.7. The first-order valence-electron chi connectivity index (χ1n) is 11.6.